The Bertz CT molecular complexity index is 452. The molecule has 0 atom stereocenters. The molecule has 0 saturated carbocycles. The second-order valence-corrected chi connectivity index (χ2v) is 4.22. The van der Waals surface area contributed by atoms with Crippen LogP contribution < -0.4 is 10.6 Å². The van der Waals surface area contributed by atoms with Crippen LogP contribution in [0.4, 0.5) is 0 Å². The van der Waals surface area contributed by atoms with E-state index in [2.05, 4.69) is 10.6 Å². The minimum atomic E-state index is -0.462. The lowest BCUT2D eigenvalue weighted by Crippen LogP contribution is -2.38. The fourth-order valence-corrected chi connectivity index (χ4v) is 1.68. The van der Waals surface area contributed by atoms with Crippen LogP contribution in [0.15, 0.2) is 18.2 Å². The standard InChI is InChI=1S/C11H12Cl2N2O3/c12-7-1-2-8(9(13)5-7)11(18)15-6-10(17)14-3-4-16/h1-2,5,16H,3-4,6H2,(H,14,17)(H,15,18). The minimum Gasteiger partial charge on any atom is -0.395 e. The van der Waals surface area contributed by atoms with Gasteiger partial charge < -0.3 is 15.7 Å². The van der Waals surface area contributed by atoms with Crippen molar-refractivity contribution >= 4 is 35.0 Å². The molecule has 18 heavy (non-hydrogen) atoms. The van der Waals surface area contributed by atoms with Gasteiger partial charge in [0.05, 0.1) is 23.7 Å². The maximum Gasteiger partial charge on any atom is 0.253 e. The van der Waals surface area contributed by atoms with Gasteiger partial charge in [0.25, 0.3) is 5.91 Å². The molecule has 0 heterocycles. The minimum absolute atomic E-state index is 0.149. The monoisotopic (exact) mass is 290 g/mol. The highest BCUT2D eigenvalue weighted by Crippen LogP contribution is 2.20. The Morgan fingerprint density at radius 2 is 1.94 bits per heavy atom. The maximum absolute atomic E-state index is 11.7. The number of hydrogen-bond acceptors (Lipinski definition) is 3. The molecular weight excluding hydrogens is 279 g/mol. The van der Waals surface area contributed by atoms with Crippen LogP contribution in [0.2, 0.25) is 10.0 Å². The largest absolute Gasteiger partial charge is 0.395 e. The van der Waals surface area contributed by atoms with Crippen molar-refractivity contribution in [1.82, 2.24) is 10.6 Å². The summed E-state index contributed by atoms with van der Waals surface area (Å²) in [4.78, 5) is 22.9. The van der Waals surface area contributed by atoms with Crippen LogP contribution in [0.5, 0.6) is 0 Å². The molecule has 7 heteroatoms. The maximum atomic E-state index is 11.7. The number of aliphatic hydroxyl groups is 1. The van der Waals surface area contributed by atoms with Crippen molar-refractivity contribution in [3.8, 4) is 0 Å². The van der Waals surface area contributed by atoms with Gasteiger partial charge in [-0.15, -0.1) is 0 Å². The molecule has 0 aliphatic rings. The molecule has 2 amide bonds. The highest BCUT2D eigenvalue weighted by Gasteiger charge is 2.11. The third-order valence-corrected chi connectivity index (χ3v) is 2.57. The third kappa shape index (κ3) is 4.52. The molecule has 98 valence electrons. The van der Waals surface area contributed by atoms with Crippen LogP contribution in [0.3, 0.4) is 0 Å². The SMILES string of the molecule is O=C(CNC(=O)c1ccc(Cl)cc1Cl)NCCO. The van der Waals surface area contributed by atoms with Gasteiger partial charge in [0.15, 0.2) is 0 Å². The molecule has 0 aliphatic heterocycles. The normalized spacial score (nSPS) is 9.94. The molecule has 1 rings (SSSR count). The molecule has 0 spiro atoms. The van der Waals surface area contributed by atoms with Crippen LogP contribution in [0.25, 0.3) is 0 Å². The fraction of sp³-hybridized carbons (Fsp3) is 0.273. The van der Waals surface area contributed by atoms with E-state index in [1.165, 1.54) is 18.2 Å². The van der Waals surface area contributed by atoms with E-state index in [1.54, 1.807) is 0 Å². The van der Waals surface area contributed by atoms with Crippen molar-refractivity contribution in [3.63, 3.8) is 0 Å². The van der Waals surface area contributed by atoms with Gasteiger partial charge in [-0.3, -0.25) is 9.59 Å². The second kappa shape index (κ2) is 7.20. The van der Waals surface area contributed by atoms with Gasteiger partial charge >= 0.3 is 0 Å². The van der Waals surface area contributed by atoms with Crippen molar-refractivity contribution in [1.29, 1.82) is 0 Å². The molecule has 3 N–H and O–H groups in total. The summed E-state index contributed by atoms with van der Waals surface area (Å²) < 4.78 is 0. The summed E-state index contributed by atoms with van der Waals surface area (Å²) in [5, 5.41) is 14.0. The van der Waals surface area contributed by atoms with Crippen LogP contribution in [-0.2, 0) is 4.79 Å². The first-order chi connectivity index (χ1) is 8.54. The average molecular weight is 291 g/mol. The molecular formula is C11H12Cl2N2O3. The van der Waals surface area contributed by atoms with E-state index in [-0.39, 0.29) is 36.2 Å². The molecule has 0 aromatic heterocycles. The Labute approximate surface area is 114 Å². The zero-order chi connectivity index (χ0) is 13.5. The van der Waals surface area contributed by atoms with Crippen molar-refractivity contribution < 1.29 is 14.7 Å². The van der Waals surface area contributed by atoms with Gasteiger partial charge in [0, 0.05) is 11.6 Å². The number of nitrogens with one attached hydrogen (secondary N) is 2. The van der Waals surface area contributed by atoms with Crippen molar-refractivity contribution in [2.45, 2.75) is 0 Å². The average Bonchev–Trinajstić information content (AvgIpc) is 2.33. The number of benzene rings is 1. The Balaban J connectivity index is 2.53. The molecule has 1 aromatic rings. The predicted molar refractivity (Wildman–Crippen MR) is 68.9 cm³/mol. The van der Waals surface area contributed by atoms with Gasteiger partial charge in [-0.05, 0) is 18.2 Å². The highest BCUT2D eigenvalue weighted by atomic mass is 35.5. The molecule has 0 saturated heterocycles. The van der Waals surface area contributed by atoms with Gasteiger partial charge in [0.2, 0.25) is 5.91 Å². The summed E-state index contributed by atoms with van der Waals surface area (Å²) in [5.74, 6) is -0.849. The van der Waals surface area contributed by atoms with Gasteiger partial charge in [-0.1, -0.05) is 23.2 Å². The lowest BCUT2D eigenvalue weighted by Gasteiger charge is -2.07. The highest BCUT2D eigenvalue weighted by molar-refractivity contribution is 6.36. The van der Waals surface area contributed by atoms with Crippen LogP contribution in [-0.4, -0.2) is 36.6 Å². The van der Waals surface area contributed by atoms with E-state index in [4.69, 9.17) is 28.3 Å². The van der Waals surface area contributed by atoms with E-state index in [9.17, 15) is 9.59 Å². The van der Waals surface area contributed by atoms with E-state index >= 15 is 0 Å². The predicted octanol–water partition coefficient (Wildman–Crippen LogP) is 0.832. The second-order valence-electron chi connectivity index (χ2n) is 3.38. The molecule has 0 bridgehead atoms. The zero-order valence-electron chi connectivity index (χ0n) is 9.37. The molecule has 0 radical (unpaired) electrons. The van der Waals surface area contributed by atoms with Crippen LogP contribution >= 0.6 is 23.2 Å². The molecule has 5 nitrogen and oxygen atoms in total. The Hall–Kier alpha value is -1.30. The summed E-state index contributed by atoms with van der Waals surface area (Å²) in [6.45, 7) is -0.184. The first-order valence-electron chi connectivity index (χ1n) is 5.15. The quantitative estimate of drug-likeness (QED) is 0.752. The number of amides is 2. The van der Waals surface area contributed by atoms with E-state index in [1.807, 2.05) is 0 Å². The summed E-state index contributed by atoms with van der Waals surface area (Å²) >= 11 is 11.5. The topological polar surface area (TPSA) is 78.4 Å². The first kappa shape index (κ1) is 14.8. The van der Waals surface area contributed by atoms with E-state index < -0.39 is 5.91 Å². The number of halogens is 2. The Morgan fingerprint density at radius 3 is 2.56 bits per heavy atom. The Kier molecular flexibility index (Phi) is 5.91. The number of aliphatic hydroxyl groups excluding tert-OH is 1. The summed E-state index contributed by atoms with van der Waals surface area (Å²) in [6.07, 6.45) is 0. The lowest BCUT2D eigenvalue weighted by molar-refractivity contribution is -0.120. The molecule has 0 unspecified atom stereocenters. The van der Waals surface area contributed by atoms with Crippen molar-refractivity contribution in [3.05, 3.63) is 33.8 Å². The van der Waals surface area contributed by atoms with E-state index in [0.717, 1.165) is 0 Å². The number of rotatable bonds is 5. The first-order valence-corrected chi connectivity index (χ1v) is 5.91. The lowest BCUT2D eigenvalue weighted by atomic mass is 10.2. The molecule has 1 aromatic carbocycles. The van der Waals surface area contributed by atoms with Gasteiger partial charge in [-0.25, -0.2) is 0 Å². The number of carbonyl (C=O) groups is 2. The Morgan fingerprint density at radius 1 is 1.22 bits per heavy atom. The van der Waals surface area contributed by atoms with E-state index in [0.29, 0.717) is 5.02 Å². The van der Waals surface area contributed by atoms with Gasteiger partial charge in [-0.2, -0.15) is 0 Å². The van der Waals surface area contributed by atoms with Crippen molar-refractivity contribution in [2.75, 3.05) is 19.7 Å². The molecule has 0 aliphatic carbocycles. The number of carbonyl (C=O) groups excluding carboxylic acids is 2. The smallest absolute Gasteiger partial charge is 0.253 e. The fourth-order valence-electron chi connectivity index (χ4n) is 1.19. The summed E-state index contributed by atoms with van der Waals surface area (Å²) in [6, 6.07) is 4.46. The third-order valence-electron chi connectivity index (χ3n) is 2.02. The van der Waals surface area contributed by atoms with Crippen LogP contribution in [0.1, 0.15) is 10.4 Å². The van der Waals surface area contributed by atoms with Gasteiger partial charge in [0.1, 0.15) is 0 Å². The van der Waals surface area contributed by atoms with Crippen molar-refractivity contribution in [2.24, 2.45) is 0 Å². The zero-order valence-corrected chi connectivity index (χ0v) is 10.9. The summed E-state index contributed by atoms with van der Waals surface area (Å²) in [5.41, 5.74) is 0.246. The molecule has 0 fully saturated rings. The van der Waals surface area contributed by atoms with Crippen LogP contribution in [0, 0.1) is 0 Å². The summed E-state index contributed by atoms with van der Waals surface area (Å²) in [7, 11) is 0. The number of hydrogen-bond donors (Lipinski definition) is 3.